The molecule has 23 heavy (non-hydrogen) atoms. The molecule has 4 heteroatoms. The maximum Gasteiger partial charge on any atom is 0.128 e. The predicted molar refractivity (Wildman–Crippen MR) is 94.7 cm³/mol. The van der Waals surface area contributed by atoms with Crippen molar-refractivity contribution in [3.8, 4) is 17.0 Å². The first-order valence-electron chi connectivity index (χ1n) is 8.37. The fraction of sp³-hybridized carbons (Fsp3) is 0.421. The van der Waals surface area contributed by atoms with E-state index in [1.165, 1.54) is 24.0 Å². The Bertz CT molecular complexity index is 680. The van der Waals surface area contributed by atoms with Crippen LogP contribution in [0.4, 0.5) is 5.82 Å². The lowest BCUT2D eigenvalue weighted by molar-refractivity contribution is 0.415. The number of aromatic nitrogens is 1. The Kier molecular flexibility index (Phi) is 4.82. The standard InChI is InChI=1S/C19H25N3O/c1-3-13-11-16(17-5-4-6-19(20)22-17)18(23-2)12-14(13)9-10-21-15-7-8-15/h4-6,11-12,15,21H,3,7-10H2,1-2H3,(H2,20,22). The van der Waals surface area contributed by atoms with Gasteiger partial charge in [-0.25, -0.2) is 4.98 Å². The van der Waals surface area contributed by atoms with Crippen molar-refractivity contribution in [1.29, 1.82) is 0 Å². The second kappa shape index (κ2) is 7.01. The van der Waals surface area contributed by atoms with Gasteiger partial charge in [0.15, 0.2) is 0 Å². The first-order valence-corrected chi connectivity index (χ1v) is 8.37. The van der Waals surface area contributed by atoms with Crippen molar-refractivity contribution in [3.63, 3.8) is 0 Å². The number of rotatable bonds is 7. The van der Waals surface area contributed by atoms with Gasteiger partial charge in [0, 0.05) is 11.6 Å². The number of nitrogens with two attached hydrogens (primary N) is 1. The second-order valence-electron chi connectivity index (χ2n) is 6.10. The number of pyridine rings is 1. The third kappa shape index (κ3) is 3.82. The van der Waals surface area contributed by atoms with Crippen molar-refractivity contribution in [2.45, 2.75) is 38.6 Å². The summed E-state index contributed by atoms with van der Waals surface area (Å²) in [7, 11) is 1.71. The van der Waals surface area contributed by atoms with Crippen LogP contribution in [0.1, 0.15) is 30.9 Å². The number of hydrogen-bond donors (Lipinski definition) is 2. The van der Waals surface area contributed by atoms with Crippen LogP contribution in [0.25, 0.3) is 11.3 Å². The maximum atomic E-state index is 5.83. The van der Waals surface area contributed by atoms with E-state index in [1.807, 2.05) is 12.1 Å². The molecule has 2 aromatic rings. The van der Waals surface area contributed by atoms with Crippen LogP contribution in [0.3, 0.4) is 0 Å². The third-order valence-electron chi connectivity index (χ3n) is 4.35. The first-order chi connectivity index (χ1) is 11.2. The summed E-state index contributed by atoms with van der Waals surface area (Å²) in [6, 6.07) is 10.8. The summed E-state index contributed by atoms with van der Waals surface area (Å²) >= 11 is 0. The van der Waals surface area contributed by atoms with Gasteiger partial charge in [-0.15, -0.1) is 0 Å². The summed E-state index contributed by atoms with van der Waals surface area (Å²) in [5, 5.41) is 3.58. The van der Waals surface area contributed by atoms with Gasteiger partial charge >= 0.3 is 0 Å². The van der Waals surface area contributed by atoms with E-state index in [2.05, 4.69) is 29.4 Å². The fourth-order valence-corrected chi connectivity index (χ4v) is 2.90. The highest BCUT2D eigenvalue weighted by Gasteiger charge is 2.20. The summed E-state index contributed by atoms with van der Waals surface area (Å²) in [6.45, 7) is 3.22. The van der Waals surface area contributed by atoms with Crippen LogP contribution in [0.5, 0.6) is 5.75 Å². The van der Waals surface area contributed by atoms with E-state index in [1.54, 1.807) is 13.2 Å². The Labute approximate surface area is 138 Å². The third-order valence-corrected chi connectivity index (χ3v) is 4.35. The van der Waals surface area contributed by atoms with Crippen molar-refractivity contribution >= 4 is 5.82 Å². The molecule has 0 bridgehead atoms. The second-order valence-corrected chi connectivity index (χ2v) is 6.10. The number of nitrogens with zero attached hydrogens (tertiary/aromatic N) is 1. The lowest BCUT2D eigenvalue weighted by Gasteiger charge is -2.15. The van der Waals surface area contributed by atoms with Gasteiger partial charge in [0.05, 0.1) is 12.8 Å². The molecular formula is C19H25N3O. The van der Waals surface area contributed by atoms with Crippen LogP contribution in [0.2, 0.25) is 0 Å². The van der Waals surface area contributed by atoms with Crippen LogP contribution in [0.15, 0.2) is 30.3 Å². The molecule has 0 saturated heterocycles. The van der Waals surface area contributed by atoms with Crippen molar-refractivity contribution in [3.05, 3.63) is 41.5 Å². The number of nitrogens with one attached hydrogen (secondary N) is 1. The highest BCUT2D eigenvalue weighted by atomic mass is 16.5. The molecule has 0 unspecified atom stereocenters. The van der Waals surface area contributed by atoms with Gasteiger partial charge in [-0.3, -0.25) is 0 Å². The first kappa shape index (κ1) is 15.8. The summed E-state index contributed by atoms with van der Waals surface area (Å²) in [5.74, 6) is 1.39. The molecule has 4 nitrogen and oxygen atoms in total. The van der Waals surface area contributed by atoms with E-state index >= 15 is 0 Å². The molecule has 1 aromatic heterocycles. The van der Waals surface area contributed by atoms with Crippen molar-refractivity contribution in [2.24, 2.45) is 0 Å². The van der Waals surface area contributed by atoms with Crippen molar-refractivity contribution in [2.75, 3.05) is 19.4 Å². The number of aryl methyl sites for hydroxylation is 1. The molecule has 1 aliphatic rings. The minimum Gasteiger partial charge on any atom is -0.496 e. The minimum atomic E-state index is 0.528. The fourth-order valence-electron chi connectivity index (χ4n) is 2.90. The van der Waals surface area contributed by atoms with Crippen molar-refractivity contribution in [1.82, 2.24) is 10.3 Å². The summed E-state index contributed by atoms with van der Waals surface area (Å²) in [5.41, 5.74) is 10.4. The predicted octanol–water partition coefficient (Wildman–Crippen LogP) is 3.20. The number of anilines is 1. The highest BCUT2D eigenvalue weighted by molar-refractivity contribution is 5.70. The number of benzene rings is 1. The average molecular weight is 311 g/mol. The number of methoxy groups -OCH3 is 1. The average Bonchev–Trinajstić information content (AvgIpc) is 3.38. The molecule has 0 atom stereocenters. The molecule has 0 aliphatic heterocycles. The molecule has 0 amide bonds. The van der Waals surface area contributed by atoms with Gasteiger partial charge in [0.25, 0.3) is 0 Å². The van der Waals surface area contributed by atoms with Crippen LogP contribution >= 0.6 is 0 Å². The summed E-state index contributed by atoms with van der Waals surface area (Å²) < 4.78 is 5.62. The smallest absolute Gasteiger partial charge is 0.128 e. The summed E-state index contributed by atoms with van der Waals surface area (Å²) in [4.78, 5) is 4.44. The van der Waals surface area contributed by atoms with Gasteiger partial charge < -0.3 is 15.8 Å². The molecule has 0 spiro atoms. The minimum absolute atomic E-state index is 0.528. The van der Waals surface area contributed by atoms with E-state index in [9.17, 15) is 0 Å². The molecule has 1 fully saturated rings. The summed E-state index contributed by atoms with van der Waals surface area (Å²) in [6.07, 6.45) is 4.67. The Hall–Kier alpha value is -2.07. The van der Waals surface area contributed by atoms with E-state index < -0.39 is 0 Å². The molecule has 0 radical (unpaired) electrons. The normalized spacial score (nSPS) is 14.0. The van der Waals surface area contributed by atoms with Gasteiger partial charge in [-0.05, 0) is 67.6 Å². The van der Waals surface area contributed by atoms with Gasteiger partial charge in [-0.1, -0.05) is 13.0 Å². The molecule has 3 N–H and O–H groups in total. The lowest BCUT2D eigenvalue weighted by Crippen LogP contribution is -2.19. The molecule has 1 heterocycles. The quantitative estimate of drug-likeness (QED) is 0.824. The molecule has 122 valence electrons. The Balaban J connectivity index is 1.90. The maximum absolute atomic E-state index is 5.83. The molecule has 3 rings (SSSR count). The highest BCUT2D eigenvalue weighted by Crippen LogP contribution is 2.33. The SMILES string of the molecule is CCc1cc(-c2cccc(N)n2)c(OC)cc1CCNC1CC1. The largest absolute Gasteiger partial charge is 0.496 e. The number of nitrogen functional groups attached to an aromatic ring is 1. The zero-order chi connectivity index (χ0) is 16.2. The molecule has 1 aromatic carbocycles. The van der Waals surface area contributed by atoms with E-state index in [0.29, 0.717) is 5.82 Å². The Morgan fingerprint density at radius 3 is 2.74 bits per heavy atom. The topological polar surface area (TPSA) is 60.2 Å². The molecule has 1 saturated carbocycles. The van der Waals surface area contributed by atoms with Crippen LogP contribution in [-0.4, -0.2) is 24.7 Å². The molecular weight excluding hydrogens is 286 g/mol. The Morgan fingerprint density at radius 2 is 2.09 bits per heavy atom. The van der Waals surface area contributed by atoms with Crippen LogP contribution in [0, 0.1) is 0 Å². The Morgan fingerprint density at radius 1 is 1.26 bits per heavy atom. The lowest BCUT2D eigenvalue weighted by atomic mass is 9.97. The van der Waals surface area contributed by atoms with E-state index in [0.717, 1.165) is 42.4 Å². The van der Waals surface area contributed by atoms with Gasteiger partial charge in [-0.2, -0.15) is 0 Å². The van der Waals surface area contributed by atoms with Crippen LogP contribution < -0.4 is 15.8 Å². The van der Waals surface area contributed by atoms with E-state index in [4.69, 9.17) is 10.5 Å². The van der Waals surface area contributed by atoms with E-state index in [-0.39, 0.29) is 0 Å². The number of ether oxygens (including phenoxy) is 1. The monoisotopic (exact) mass is 311 g/mol. The van der Waals surface area contributed by atoms with Crippen molar-refractivity contribution < 1.29 is 4.74 Å². The zero-order valence-electron chi connectivity index (χ0n) is 13.9. The van der Waals surface area contributed by atoms with Gasteiger partial charge in [0.2, 0.25) is 0 Å². The molecule has 1 aliphatic carbocycles. The van der Waals surface area contributed by atoms with Crippen LogP contribution in [-0.2, 0) is 12.8 Å². The van der Waals surface area contributed by atoms with Gasteiger partial charge in [0.1, 0.15) is 11.6 Å². The number of hydrogen-bond acceptors (Lipinski definition) is 4. The zero-order valence-corrected chi connectivity index (χ0v) is 13.9.